The van der Waals surface area contributed by atoms with Crippen molar-refractivity contribution >= 4 is 28.1 Å². The molecule has 3 N–H and O–H groups in total. The quantitative estimate of drug-likeness (QED) is 0.515. The molecule has 0 radical (unpaired) electrons. The minimum absolute atomic E-state index is 0. The van der Waals surface area contributed by atoms with Gasteiger partial charge in [-0.3, -0.25) is 4.55 Å². The average Bonchev–Trinajstić information content (AvgIpc) is 1.96. The molecule has 0 fully saturated rings. The molecule has 0 aliphatic carbocycles. The van der Waals surface area contributed by atoms with E-state index >= 15 is 0 Å². The van der Waals surface area contributed by atoms with E-state index in [0.717, 1.165) is 0 Å². The van der Waals surface area contributed by atoms with Crippen molar-refractivity contribution in [2.24, 2.45) is 5.73 Å². The molecule has 6 nitrogen and oxygen atoms in total. The Kier molecular flexibility index (Phi) is 9.07. The third kappa shape index (κ3) is 8.89. The van der Waals surface area contributed by atoms with Crippen LogP contribution in [0.4, 0.5) is 0 Å². The minimum Gasteiger partial charge on any atom is -0.323 e. The third-order valence-electron chi connectivity index (χ3n) is 1.12. The Hall–Kier alpha value is 0.313. The Morgan fingerprint density at radius 2 is 2.14 bits per heavy atom. The second-order valence-corrected chi connectivity index (χ2v) is 4.23. The fourth-order valence-corrected chi connectivity index (χ4v) is 1.35. The first kappa shape index (κ1) is 16.7. The number of hydrogen-bond donors (Lipinski definition) is 2. The van der Waals surface area contributed by atoms with Crippen LogP contribution in [0, 0.1) is 0 Å². The van der Waals surface area contributed by atoms with Crippen LogP contribution in [0.2, 0.25) is 0 Å². The molecule has 0 saturated heterocycles. The van der Waals surface area contributed by atoms with Gasteiger partial charge in [0.15, 0.2) is 0 Å². The predicted octanol–water partition coefficient (Wildman–Crippen LogP) is -0.590. The summed E-state index contributed by atoms with van der Waals surface area (Å²) in [6, 6.07) is -1.02. The Labute approximate surface area is 99.7 Å². The summed E-state index contributed by atoms with van der Waals surface area (Å²) < 4.78 is 31.9. The van der Waals surface area contributed by atoms with Crippen LogP contribution >= 0.6 is 11.8 Å². The van der Waals surface area contributed by atoms with Crippen molar-refractivity contribution in [2.45, 2.75) is 12.5 Å². The van der Waals surface area contributed by atoms with Gasteiger partial charge in [0.25, 0.3) is 0 Å². The molecule has 80 valence electrons. The molecule has 0 saturated carbocycles. The van der Waals surface area contributed by atoms with Crippen LogP contribution in [0.25, 0.3) is 0 Å². The molecule has 0 bridgehead atoms. The van der Waals surface area contributed by atoms with Crippen LogP contribution in [0.3, 0.4) is 0 Å². The molecule has 14 heavy (non-hydrogen) atoms. The molecular weight excluding hydrogens is 284 g/mol. The molecule has 0 aromatic heterocycles. The van der Waals surface area contributed by atoms with Crippen molar-refractivity contribution in [3.05, 3.63) is 0 Å². The number of nitrogens with two attached hydrogens (primary N) is 1. The fraction of sp³-hybridized carbons (Fsp3) is 0.800. The molecule has 0 aromatic rings. The van der Waals surface area contributed by atoms with Crippen LogP contribution in [-0.2, 0) is 38.9 Å². The molecule has 0 rings (SSSR count). The van der Waals surface area contributed by atoms with Crippen molar-refractivity contribution in [2.75, 3.05) is 12.0 Å². The molecule has 0 aliphatic rings. The maximum absolute atomic E-state index is 10.8. The molecule has 0 unspecified atom stereocenters. The number of carbonyl (C=O) groups is 1. The Morgan fingerprint density at radius 3 is 2.50 bits per heavy atom. The zero-order valence-electron chi connectivity index (χ0n) is 7.67. The van der Waals surface area contributed by atoms with Gasteiger partial charge >= 0.3 is 16.4 Å². The van der Waals surface area contributed by atoms with E-state index in [-0.39, 0.29) is 19.5 Å². The fourth-order valence-electron chi connectivity index (χ4n) is 0.528. The van der Waals surface area contributed by atoms with E-state index in [1.165, 1.54) is 11.8 Å². The summed E-state index contributed by atoms with van der Waals surface area (Å²) in [5.41, 5.74) is 5.25. The van der Waals surface area contributed by atoms with Crippen LogP contribution in [0.15, 0.2) is 0 Å². The number of thioether (sulfide) groups is 1. The molecule has 1 atom stereocenters. The maximum atomic E-state index is 10.8. The van der Waals surface area contributed by atoms with Gasteiger partial charge in [0, 0.05) is 19.5 Å². The van der Waals surface area contributed by atoms with Gasteiger partial charge in [-0.15, -0.1) is 0 Å². The molecule has 0 amide bonds. The number of hydrogen-bond acceptors (Lipinski definition) is 6. The van der Waals surface area contributed by atoms with Gasteiger partial charge in [-0.05, 0) is 18.4 Å². The smallest absolute Gasteiger partial charge is 0.323 e. The van der Waals surface area contributed by atoms with Gasteiger partial charge in [0.2, 0.25) is 0 Å². The van der Waals surface area contributed by atoms with Crippen LogP contribution < -0.4 is 5.73 Å². The predicted molar refractivity (Wildman–Crippen MR) is 48.6 cm³/mol. The van der Waals surface area contributed by atoms with Gasteiger partial charge in [0.1, 0.15) is 6.04 Å². The molecule has 0 aromatic carbocycles. The summed E-state index contributed by atoms with van der Waals surface area (Å²) >= 11 is 1.47. The van der Waals surface area contributed by atoms with E-state index in [1.807, 2.05) is 6.26 Å². The largest absolute Gasteiger partial charge is 0.449 e. The topological polar surface area (TPSA) is 107 Å². The molecule has 0 spiro atoms. The van der Waals surface area contributed by atoms with Gasteiger partial charge in [0.05, 0.1) is 0 Å². The first-order chi connectivity index (χ1) is 5.87. The van der Waals surface area contributed by atoms with Crippen molar-refractivity contribution in [1.82, 2.24) is 0 Å². The third-order valence-corrected chi connectivity index (χ3v) is 2.14. The second kappa shape index (κ2) is 7.58. The zero-order valence-corrected chi connectivity index (χ0v) is 12.3. The summed E-state index contributed by atoms with van der Waals surface area (Å²) in [6.45, 7) is 0. The summed E-state index contributed by atoms with van der Waals surface area (Å²) in [5.74, 6) is -0.529. The van der Waals surface area contributed by atoms with Crippen LogP contribution in [-0.4, -0.2) is 37.0 Å². The Balaban J connectivity index is 0. The zero-order chi connectivity index (χ0) is 10.5. The Bertz CT molecular complexity index is 267. The van der Waals surface area contributed by atoms with Crippen molar-refractivity contribution < 1.29 is 41.4 Å². The standard InChI is InChI=1S/C5H11NO5S2.Zn/c1-12-3-2-4(6)5(7)11-13(8,9)10;/h4H,2-3,6H2,1H3,(H,8,9,10);/t4-;/m0./s1. The van der Waals surface area contributed by atoms with E-state index in [9.17, 15) is 13.2 Å². The summed E-state index contributed by atoms with van der Waals surface area (Å²) in [4.78, 5) is 10.8. The van der Waals surface area contributed by atoms with Gasteiger partial charge in [-0.1, -0.05) is 0 Å². The second-order valence-electron chi connectivity index (χ2n) is 2.22. The van der Waals surface area contributed by atoms with E-state index in [4.69, 9.17) is 10.3 Å². The van der Waals surface area contributed by atoms with Crippen LogP contribution in [0.5, 0.6) is 0 Å². The summed E-state index contributed by atoms with van der Waals surface area (Å²) in [7, 11) is -4.73. The van der Waals surface area contributed by atoms with Crippen molar-refractivity contribution in [3.63, 3.8) is 0 Å². The minimum atomic E-state index is -4.73. The average molecular weight is 295 g/mol. The van der Waals surface area contributed by atoms with E-state index in [2.05, 4.69) is 4.18 Å². The van der Waals surface area contributed by atoms with Crippen molar-refractivity contribution in [3.8, 4) is 0 Å². The first-order valence-electron chi connectivity index (χ1n) is 3.32. The van der Waals surface area contributed by atoms with E-state index < -0.39 is 22.4 Å². The molecule has 0 heterocycles. The molecule has 0 aliphatic heterocycles. The van der Waals surface area contributed by atoms with Gasteiger partial charge in [-0.25, -0.2) is 4.79 Å². The first-order valence-corrected chi connectivity index (χ1v) is 6.08. The monoisotopic (exact) mass is 293 g/mol. The Morgan fingerprint density at radius 1 is 1.64 bits per heavy atom. The van der Waals surface area contributed by atoms with Gasteiger partial charge in [-0.2, -0.15) is 20.2 Å². The number of carbonyl (C=O) groups excluding carboxylic acids is 1. The van der Waals surface area contributed by atoms with E-state index in [0.29, 0.717) is 12.2 Å². The van der Waals surface area contributed by atoms with E-state index in [1.54, 1.807) is 0 Å². The molecule has 9 heteroatoms. The van der Waals surface area contributed by atoms with Crippen molar-refractivity contribution in [1.29, 1.82) is 0 Å². The van der Waals surface area contributed by atoms with Gasteiger partial charge < -0.3 is 9.92 Å². The normalized spacial score (nSPS) is 12.8. The summed E-state index contributed by atoms with van der Waals surface area (Å²) in [6.07, 6.45) is 2.12. The van der Waals surface area contributed by atoms with Crippen LogP contribution in [0.1, 0.15) is 6.42 Å². The maximum Gasteiger partial charge on any atom is 0.449 e. The summed E-state index contributed by atoms with van der Waals surface area (Å²) in [5, 5.41) is 0. The molecular formula is C5H11NO5S2Zn. The SMILES string of the molecule is CSCC[C@H](N)C(=O)OS(=O)(=O)O.[Zn]. The number of rotatable bonds is 5.